The molecule has 1 fully saturated rings. The predicted molar refractivity (Wildman–Crippen MR) is 86.5 cm³/mol. The second-order valence-electron chi connectivity index (χ2n) is 5.93. The maximum Gasteiger partial charge on any atom is 0.181 e. The van der Waals surface area contributed by atoms with Gasteiger partial charge in [-0.15, -0.1) is 0 Å². The van der Waals surface area contributed by atoms with E-state index in [4.69, 9.17) is 0 Å². The third-order valence-electron chi connectivity index (χ3n) is 3.76. The number of aryl methyl sites for hydroxylation is 1. The van der Waals surface area contributed by atoms with Crippen molar-refractivity contribution < 1.29 is 4.39 Å². The summed E-state index contributed by atoms with van der Waals surface area (Å²) in [7, 11) is 0. The Labute approximate surface area is 128 Å². The topological polar surface area (TPSA) is 53.9 Å². The van der Waals surface area contributed by atoms with Gasteiger partial charge in [-0.25, -0.2) is 9.37 Å². The molecule has 2 aromatic heterocycles. The van der Waals surface area contributed by atoms with Gasteiger partial charge >= 0.3 is 0 Å². The summed E-state index contributed by atoms with van der Waals surface area (Å²) in [6, 6.07) is 2.01. The van der Waals surface area contributed by atoms with Crippen LogP contribution in [-0.4, -0.2) is 20.9 Å². The SMILES string of the molecule is C=C(C)/C(F)=C(\N=C(C)c1[nH]nc2ncc(C)cc12)C1CC1. The van der Waals surface area contributed by atoms with Gasteiger partial charge in [-0.3, -0.25) is 10.1 Å². The molecule has 1 N–H and O–H groups in total. The quantitative estimate of drug-likeness (QED) is 0.678. The summed E-state index contributed by atoms with van der Waals surface area (Å²) in [5, 5.41) is 8.06. The van der Waals surface area contributed by atoms with Gasteiger partial charge in [0, 0.05) is 17.5 Å². The predicted octanol–water partition coefficient (Wildman–Crippen LogP) is 4.24. The average molecular weight is 298 g/mol. The summed E-state index contributed by atoms with van der Waals surface area (Å²) in [6.45, 7) is 9.20. The summed E-state index contributed by atoms with van der Waals surface area (Å²) < 4.78 is 14.3. The molecular formula is C17H19FN4. The fraction of sp³-hybridized carbons (Fsp3) is 0.353. The molecule has 0 unspecified atom stereocenters. The van der Waals surface area contributed by atoms with Gasteiger partial charge in [-0.1, -0.05) is 6.58 Å². The molecular weight excluding hydrogens is 279 g/mol. The number of hydrogen-bond acceptors (Lipinski definition) is 3. The third-order valence-corrected chi connectivity index (χ3v) is 3.76. The molecule has 5 heteroatoms. The van der Waals surface area contributed by atoms with Gasteiger partial charge in [0.05, 0.1) is 17.1 Å². The molecule has 2 aromatic rings. The Balaban J connectivity index is 2.07. The van der Waals surface area contributed by atoms with Crippen molar-refractivity contribution in [2.75, 3.05) is 0 Å². The van der Waals surface area contributed by atoms with Crippen molar-refractivity contribution >= 4 is 16.7 Å². The molecule has 114 valence electrons. The number of nitrogens with zero attached hydrogens (tertiary/aromatic N) is 3. The number of hydrogen-bond donors (Lipinski definition) is 1. The molecule has 1 saturated carbocycles. The van der Waals surface area contributed by atoms with E-state index in [2.05, 4.69) is 26.8 Å². The Morgan fingerprint density at radius 3 is 2.77 bits per heavy atom. The Morgan fingerprint density at radius 1 is 1.41 bits per heavy atom. The highest BCUT2D eigenvalue weighted by atomic mass is 19.1. The van der Waals surface area contributed by atoms with Crippen molar-refractivity contribution in [2.45, 2.75) is 33.6 Å². The van der Waals surface area contributed by atoms with Crippen LogP contribution in [0.15, 0.2) is 40.9 Å². The smallest absolute Gasteiger partial charge is 0.181 e. The Morgan fingerprint density at radius 2 is 2.14 bits per heavy atom. The molecule has 0 amide bonds. The number of aromatic amines is 1. The van der Waals surface area contributed by atoms with E-state index in [-0.39, 0.29) is 11.7 Å². The first-order valence-corrected chi connectivity index (χ1v) is 7.39. The molecule has 0 spiro atoms. The molecule has 1 aliphatic rings. The average Bonchev–Trinajstić information content (AvgIpc) is 3.23. The first kappa shape index (κ1) is 14.6. The first-order valence-electron chi connectivity index (χ1n) is 7.39. The lowest BCUT2D eigenvalue weighted by molar-refractivity contribution is 0.625. The largest absolute Gasteiger partial charge is 0.274 e. The lowest BCUT2D eigenvalue weighted by Crippen LogP contribution is -2.00. The van der Waals surface area contributed by atoms with Crippen LogP contribution in [0.1, 0.15) is 37.9 Å². The second-order valence-corrected chi connectivity index (χ2v) is 5.93. The van der Waals surface area contributed by atoms with Gasteiger partial charge in [0.1, 0.15) is 5.83 Å². The van der Waals surface area contributed by atoms with Crippen molar-refractivity contribution in [3.8, 4) is 0 Å². The summed E-state index contributed by atoms with van der Waals surface area (Å²) in [6.07, 6.45) is 3.74. The number of aromatic nitrogens is 3. The maximum absolute atomic E-state index is 14.3. The number of rotatable bonds is 4. The molecule has 0 aromatic carbocycles. The van der Waals surface area contributed by atoms with Gasteiger partial charge < -0.3 is 0 Å². The van der Waals surface area contributed by atoms with E-state index in [0.29, 0.717) is 22.6 Å². The van der Waals surface area contributed by atoms with Crippen molar-refractivity contribution in [1.29, 1.82) is 0 Å². The second kappa shape index (κ2) is 5.48. The molecule has 0 bridgehead atoms. The van der Waals surface area contributed by atoms with Gasteiger partial charge in [0.2, 0.25) is 0 Å². The summed E-state index contributed by atoms with van der Waals surface area (Å²) in [4.78, 5) is 8.82. The van der Waals surface area contributed by atoms with Crippen LogP contribution < -0.4 is 0 Å². The molecule has 0 saturated heterocycles. The van der Waals surface area contributed by atoms with Gasteiger partial charge in [-0.05, 0) is 50.8 Å². The normalized spacial score (nSPS) is 16.8. The van der Waals surface area contributed by atoms with E-state index in [9.17, 15) is 4.39 Å². The summed E-state index contributed by atoms with van der Waals surface area (Å²) >= 11 is 0. The van der Waals surface area contributed by atoms with E-state index in [1.54, 1.807) is 13.1 Å². The number of halogens is 1. The van der Waals surface area contributed by atoms with E-state index in [1.165, 1.54) is 0 Å². The molecule has 4 nitrogen and oxygen atoms in total. The highest BCUT2D eigenvalue weighted by Crippen LogP contribution is 2.40. The molecule has 22 heavy (non-hydrogen) atoms. The maximum atomic E-state index is 14.3. The monoisotopic (exact) mass is 298 g/mol. The van der Waals surface area contributed by atoms with Crippen LogP contribution in [0.2, 0.25) is 0 Å². The van der Waals surface area contributed by atoms with Crippen LogP contribution in [-0.2, 0) is 0 Å². The van der Waals surface area contributed by atoms with E-state index in [1.807, 2.05) is 19.9 Å². The number of fused-ring (bicyclic) bond motifs is 1. The van der Waals surface area contributed by atoms with Gasteiger partial charge in [0.15, 0.2) is 5.65 Å². The van der Waals surface area contributed by atoms with Crippen LogP contribution >= 0.6 is 0 Å². The molecule has 3 rings (SSSR count). The van der Waals surface area contributed by atoms with Crippen LogP contribution in [0, 0.1) is 12.8 Å². The molecule has 0 radical (unpaired) electrons. The van der Waals surface area contributed by atoms with E-state index < -0.39 is 0 Å². The molecule has 0 atom stereocenters. The molecule has 0 aliphatic heterocycles. The number of nitrogens with one attached hydrogen (secondary N) is 1. The van der Waals surface area contributed by atoms with Gasteiger partial charge in [-0.2, -0.15) is 5.10 Å². The van der Waals surface area contributed by atoms with Crippen LogP contribution in [0.25, 0.3) is 11.0 Å². The van der Waals surface area contributed by atoms with Crippen LogP contribution in [0.3, 0.4) is 0 Å². The van der Waals surface area contributed by atoms with Crippen molar-refractivity contribution in [3.05, 3.63) is 47.2 Å². The zero-order valence-corrected chi connectivity index (χ0v) is 13.1. The molecule has 1 aliphatic carbocycles. The number of pyridine rings is 1. The zero-order chi connectivity index (χ0) is 15.9. The van der Waals surface area contributed by atoms with E-state index >= 15 is 0 Å². The first-order chi connectivity index (χ1) is 10.5. The Kier molecular flexibility index (Phi) is 3.64. The standard InChI is InChI=1S/C17H19FN4/c1-9(2)14(18)16(12-5-6-12)20-11(4)15-13-7-10(3)8-19-17(13)22-21-15/h7-8,12H,1,5-6H2,2-4H3,(H,19,21,22)/b16-14+,20-11?. The molecule has 2 heterocycles. The fourth-order valence-electron chi connectivity index (χ4n) is 2.41. The Bertz CT molecular complexity index is 809. The van der Waals surface area contributed by atoms with Gasteiger partial charge in [0.25, 0.3) is 0 Å². The zero-order valence-electron chi connectivity index (χ0n) is 13.1. The van der Waals surface area contributed by atoms with Crippen molar-refractivity contribution in [2.24, 2.45) is 10.9 Å². The van der Waals surface area contributed by atoms with Crippen molar-refractivity contribution in [1.82, 2.24) is 15.2 Å². The fourth-order valence-corrected chi connectivity index (χ4v) is 2.41. The van der Waals surface area contributed by atoms with E-state index in [0.717, 1.165) is 29.5 Å². The third kappa shape index (κ3) is 2.71. The number of H-pyrrole nitrogens is 1. The summed E-state index contributed by atoms with van der Waals surface area (Å²) in [5.41, 5.74) is 4.13. The number of allylic oxidation sites excluding steroid dienone is 3. The minimum absolute atomic E-state index is 0.209. The summed E-state index contributed by atoms with van der Waals surface area (Å²) in [5.74, 6) is -0.0827. The minimum Gasteiger partial charge on any atom is -0.274 e. The highest BCUT2D eigenvalue weighted by molar-refractivity contribution is 6.07. The van der Waals surface area contributed by atoms with Crippen LogP contribution in [0.4, 0.5) is 4.39 Å². The number of aliphatic imine (C=N–C) groups is 1. The van der Waals surface area contributed by atoms with Crippen LogP contribution in [0.5, 0.6) is 0 Å². The van der Waals surface area contributed by atoms with Crippen molar-refractivity contribution in [3.63, 3.8) is 0 Å². The lowest BCUT2D eigenvalue weighted by atomic mass is 10.1. The minimum atomic E-state index is -0.292. The highest BCUT2D eigenvalue weighted by Gasteiger charge is 2.29. The lowest BCUT2D eigenvalue weighted by Gasteiger charge is -2.05. The Hall–Kier alpha value is -2.30.